The van der Waals surface area contributed by atoms with Crippen molar-refractivity contribution >= 4 is 0 Å². The molecule has 5 atom stereocenters. The van der Waals surface area contributed by atoms with Gasteiger partial charge in [-0.05, 0) is 61.5 Å². The number of rotatable bonds is 6. The molecule has 6 fully saturated rings. The van der Waals surface area contributed by atoms with Gasteiger partial charge in [0.1, 0.15) is 0 Å². The molecule has 0 amide bonds. The van der Waals surface area contributed by atoms with E-state index in [2.05, 4.69) is 24.8 Å². The van der Waals surface area contributed by atoms with Gasteiger partial charge in [0.05, 0.1) is 32.0 Å². The van der Waals surface area contributed by atoms with Crippen LogP contribution < -0.4 is 0 Å². The Morgan fingerprint density at radius 1 is 1.17 bits per heavy atom. The quantitative estimate of drug-likeness (QED) is 0.510. The molecule has 6 aliphatic rings. The van der Waals surface area contributed by atoms with Crippen LogP contribution in [-0.2, 0) is 14.2 Å². The highest BCUT2D eigenvalue weighted by Gasteiger charge is 2.50. The van der Waals surface area contributed by atoms with Gasteiger partial charge in [0.25, 0.3) is 5.97 Å². The van der Waals surface area contributed by atoms with Crippen molar-refractivity contribution < 1.29 is 24.4 Å². The fourth-order valence-electron chi connectivity index (χ4n) is 5.91. The second-order valence-corrected chi connectivity index (χ2v) is 10.6. The van der Waals surface area contributed by atoms with Gasteiger partial charge in [-0.1, -0.05) is 31.9 Å². The third-order valence-corrected chi connectivity index (χ3v) is 8.07. The van der Waals surface area contributed by atoms with Crippen molar-refractivity contribution in [2.24, 2.45) is 29.1 Å². The minimum atomic E-state index is -0.859. The summed E-state index contributed by atoms with van der Waals surface area (Å²) < 4.78 is 17.5. The Balaban J connectivity index is 1.12. The van der Waals surface area contributed by atoms with E-state index in [1.807, 2.05) is 6.08 Å². The van der Waals surface area contributed by atoms with Crippen molar-refractivity contribution in [1.82, 2.24) is 0 Å². The predicted molar refractivity (Wildman–Crippen MR) is 112 cm³/mol. The van der Waals surface area contributed by atoms with E-state index in [9.17, 15) is 10.2 Å². The Labute approximate surface area is 179 Å². The number of aliphatic hydroxyl groups is 2. The number of hydrogen-bond donors (Lipinski definition) is 2. The zero-order valence-electron chi connectivity index (χ0n) is 18.1. The second kappa shape index (κ2) is 8.20. The van der Waals surface area contributed by atoms with E-state index < -0.39 is 5.97 Å². The fraction of sp³-hybridized carbons (Fsp3) is 0.800. The smallest absolute Gasteiger partial charge is 0.283 e. The molecule has 3 aliphatic carbocycles. The summed E-state index contributed by atoms with van der Waals surface area (Å²) in [6.07, 6.45) is 13.6. The lowest BCUT2D eigenvalue weighted by Gasteiger charge is -2.50. The van der Waals surface area contributed by atoms with E-state index in [1.54, 1.807) is 0 Å². The SMILES string of the molecule is CC12COC(CCC=C=C3C[C@H]4[C@@H](O)[C@H](/C=C/[C@H](O)C5CCCC5)C[C@@H]34)(OC1)OC2. The molecule has 0 radical (unpaired) electrons. The molecule has 2 bridgehead atoms. The summed E-state index contributed by atoms with van der Waals surface area (Å²) in [5.74, 6) is 0.489. The Kier molecular flexibility index (Phi) is 5.72. The lowest BCUT2D eigenvalue weighted by atomic mass is 9.71. The molecule has 5 heteroatoms. The highest BCUT2D eigenvalue weighted by atomic mass is 16.9. The van der Waals surface area contributed by atoms with Gasteiger partial charge in [0.15, 0.2) is 0 Å². The molecule has 0 aromatic heterocycles. The maximum atomic E-state index is 10.7. The van der Waals surface area contributed by atoms with Crippen LogP contribution in [0.1, 0.15) is 58.3 Å². The molecule has 30 heavy (non-hydrogen) atoms. The van der Waals surface area contributed by atoms with E-state index in [4.69, 9.17) is 14.2 Å². The van der Waals surface area contributed by atoms with E-state index in [0.29, 0.717) is 44.0 Å². The summed E-state index contributed by atoms with van der Waals surface area (Å²) in [6.45, 7) is 4.22. The summed E-state index contributed by atoms with van der Waals surface area (Å²) in [5.41, 5.74) is 4.81. The van der Waals surface area contributed by atoms with Gasteiger partial charge < -0.3 is 24.4 Å². The molecule has 166 valence electrons. The topological polar surface area (TPSA) is 68.2 Å². The van der Waals surface area contributed by atoms with Crippen molar-refractivity contribution in [3.63, 3.8) is 0 Å². The molecule has 3 saturated carbocycles. The van der Waals surface area contributed by atoms with E-state index in [1.165, 1.54) is 18.4 Å². The van der Waals surface area contributed by atoms with Crippen molar-refractivity contribution in [2.75, 3.05) is 19.8 Å². The highest BCUT2D eigenvalue weighted by molar-refractivity contribution is 5.25. The first-order valence-corrected chi connectivity index (χ1v) is 11.9. The van der Waals surface area contributed by atoms with Gasteiger partial charge in [0, 0.05) is 17.8 Å². The summed E-state index contributed by atoms with van der Waals surface area (Å²) in [7, 11) is 0. The first kappa shape index (κ1) is 20.9. The molecule has 0 unspecified atom stereocenters. The molecule has 3 heterocycles. The first-order valence-electron chi connectivity index (χ1n) is 11.9. The van der Waals surface area contributed by atoms with Crippen LogP contribution in [-0.4, -0.2) is 48.2 Å². The largest absolute Gasteiger partial charge is 0.392 e. The zero-order valence-corrected chi connectivity index (χ0v) is 18.1. The van der Waals surface area contributed by atoms with Crippen molar-refractivity contribution in [3.05, 3.63) is 29.5 Å². The Morgan fingerprint density at radius 3 is 2.57 bits per heavy atom. The summed E-state index contributed by atoms with van der Waals surface area (Å²) >= 11 is 0. The highest BCUT2D eigenvalue weighted by Crippen LogP contribution is 2.53. The van der Waals surface area contributed by atoms with Gasteiger partial charge in [-0.3, -0.25) is 0 Å². The summed E-state index contributed by atoms with van der Waals surface area (Å²) in [5, 5.41) is 21.1. The Hall–Kier alpha value is -0.940. The maximum Gasteiger partial charge on any atom is 0.283 e. The molecule has 0 aromatic carbocycles. The van der Waals surface area contributed by atoms with Crippen molar-refractivity contribution in [3.8, 4) is 0 Å². The number of fused-ring (bicyclic) bond motifs is 4. The van der Waals surface area contributed by atoms with Gasteiger partial charge in [-0.25, -0.2) is 0 Å². The molecule has 3 saturated heterocycles. The standard InChI is InChI=1S/C25H36O5/c1-24-14-28-25(29-15-24,30-16-24)11-5-4-8-18-12-21-20(18)13-19(23(21)27)9-10-22(26)17-6-2-3-7-17/h4,9-10,17,19-23,26-27H,2-3,5-7,11-16H2,1H3/b10-9+/t8?,19-,20+,21-,22+,23+,24?,25?/m1/s1. The first-order chi connectivity index (χ1) is 14.5. The number of aliphatic hydroxyl groups excluding tert-OH is 2. The van der Waals surface area contributed by atoms with Crippen LogP contribution in [0.25, 0.3) is 0 Å². The van der Waals surface area contributed by atoms with E-state index >= 15 is 0 Å². The summed E-state index contributed by atoms with van der Waals surface area (Å²) in [6, 6.07) is 0. The molecule has 2 N–H and O–H groups in total. The number of ether oxygens (including phenoxy) is 3. The average molecular weight is 417 g/mol. The molecule has 6 rings (SSSR count). The third kappa shape index (κ3) is 3.97. The van der Waals surface area contributed by atoms with Crippen LogP contribution in [0.15, 0.2) is 29.5 Å². The fourth-order valence-corrected chi connectivity index (χ4v) is 5.91. The van der Waals surface area contributed by atoms with Gasteiger partial charge in [0.2, 0.25) is 0 Å². The van der Waals surface area contributed by atoms with Crippen LogP contribution in [0.5, 0.6) is 0 Å². The molecule has 0 spiro atoms. The molecule has 0 aromatic rings. The third-order valence-electron chi connectivity index (χ3n) is 8.07. The maximum absolute atomic E-state index is 10.7. The van der Waals surface area contributed by atoms with E-state index in [-0.39, 0.29) is 23.5 Å². The van der Waals surface area contributed by atoms with Crippen LogP contribution in [0.2, 0.25) is 0 Å². The lowest BCUT2D eigenvalue weighted by Crippen LogP contribution is -2.58. The predicted octanol–water partition coefficient (Wildman–Crippen LogP) is 3.71. The average Bonchev–Trinajstić information content (AvgIpc) is 3.35. The Morgan fingerprint density at radius 2 is 1.87 bits per heavy atom. The molecule has 5 nitrogen and oxygen atoms in total. The lowest BCUT2D eigenvalue weighted by molar-refractivity contribution is -0.467. The van der Waals surface area contributed by atoms with Crippen molar-refractivity contribution in [2.45, 2.75) is 76.5 Å². The van der Waals surface area contributed by atoms with Gasteiger partial charge in [-0.2, -0.15) is 0 Å². The van der Waals surface area contributed by atoms with E-state index in [0.717, 1.165) is 32.1 Å². The molecular formula is C25H36O5. The Bertz CT molecular complexity index is 705. The number of hydrogen-bond acceptors (Lipinski definition) is 5. The van der Waals surface area contributed by atoms with Crippen LogP contribution >= 0.6 is 0 Å². The van der Waals surface area contributed by atoms with Crippen LogP contribution in [0, 0.1) is 29.1 Å². The van der Waals surface area contributed by atoms with Gasteiger partial charge in [-0.15, -0.1) is 5.73 Å². The summed E-state index contributed by atoms with van der Waals surface area (Å²) in [4.78, 5) is 0. The normalized spacial score (nSPS) is 44.2. The van der Waals surface area contributed by atoms with Crippen LogP contribution in [0.4, 0.5) is 0 Å². The zero-order chi connectivity index (χ0) is 20.8. The monoisotopic (exact) mass is 416 g/mol. The van der Waals surface area contributed by atoms with Crippen LogP contribution in [0.3, 0.4) is 0 Å². The van der Waals surface area contributed by atoms with Gasteiger partial charge >= 0.3 is 0 Å². The second-order valence-electron chi connectivity index (χ2n) is 10.6. The molecule has 3 aliphatic heterocycles. The number of allylic oxidation sites excluding steroid dienone is 1. The van der Waals surface area contributed by atoms with Crippen molar-refractivity contribution in [1.29, 1.82) is 0 Å². The minimum Gasteiger partial charge on any atom is -0.392 e. The molecular weight excluding hydrogens is 380 g/mol. The minimum absolute atomic E-state index is 0.00193.